The Morgan fingerprint density at radius 2 is 2.00 bits per heavy atom. The molecule has 0 aromatic heterocycles. The second-order valence-electron chi connectivity index (χ2n) is 4.16. The molecule has 0 saturated carbocycles. The van der Waals surface area contributed by atoms with Crippen LogP contribution in [0.25, 0.3) is 0 Å². The minimum absolute atomic E-state index is 0.215. The zero-order valence-electron chi connectivity index (χ0n) is 11.2. The molecular weight excluding hydrogens is 252 g/mol. The van der Waals surface area contributed by atoms with E-state index in [2.05, 4.69) is 4.72 Å². The first-order valence-corrected chi connectivity index (χ1v) is 7.26. The Kier molecular flexibility index (Phi) is 4.59. The molecule has 0 atom stereocenters. The Hall–Kier alpha value is -1.27. The number of aryl methyl sites for hydroxylation is 1. The van der Waals surface area contributed by atoms with E-state index in [9.17, 15) is 8.42 Å². The van der Waals surface area contributed by atoms with E-state index in [0.29, 0.717) is 29.1 Å². The molecule has 18 heavy (non-hydrogen) atoms. The van der Waals surface area contributed by atoms with Crippen LogP contribution >= 0.6 is 0 Å². The predicted molar refractivity (Wildman–Crippen MR) is 72.4 cm³/mol. The summed E-state index contributed by atoms with van der Waals surface area (Å²) in [4.78, 5) is 0.215. The number of anilines is 1. The van der Waals surface area contributed by atoms with Crippen LogP contribution in [0.3, 0.4) is 0 Å². The van der Waals surface area contributed by atoms with Crippen LogP contribution in [0.5, 0.6) is 5.75 Å². The van der Waals surface area contributed by atoms with E-state index in [1.165, 1.54) is 7.11 Å². The van der Waals surface area contributed by atoms with Crippen molar-refractivity contribution in [3.8, 4) is 5.75 Å². The van der Waals surface area contributed by atoms with E-state index < -0.39 is 10.0 Å². The van der Waals surface area contributed by atoms with Gasteiger partial charge in [0.05, 0.1) is 17.7 Å². The van der Waals surface area contributed by atoms with Gasteiger partial charge in [-0.3, -0.25) is 0 Å². The van der Waals surface area contributed by atoms with E-state index in [0.717, 1.165) is 6.42 Å². The molecule has 0 aliphatic carbocycles. The Morgan fingerprint density at radius 1 is 1.39 bits per heavy atom. The van der Waals surface area contributed by atoms with Gasteiger partial charge in [0.15, 0.2) is 0 Å². The van der Waals surface area contributed by atoms with Crippen LogP contribution in [-0.4, -0.2) is 22.1 Å². The average Bonchev–Trinajstić information content (AvgIpc) is 2.32. The molecule has 0 aliphatic heterocycles. The number of nitrogens with two attached hydrogens (primary N) is 1. The molecule has 0 radical (unpaired) electrons. The largest absolute Gasteiger partial charge is 0.494 e. The maximum Gasteiger partial charge on any atom is 0.240 e. The molecular formula is C12H20N2O3S. The molecule has 0 amide bonds. The molecule has 1 rings (SSSR count). The van der Waals surface area contributed by atoms with Gasteiger partial charge in [0.1, 0.15) is 5.75 Å². The number of sulfonamides is 1. The van der Waals surface area contributed by atoms with Gasteiger partial charge in [-0.25, -0.2) is 13.1 Å². The lowest BCUT2D eigenvalue weighted by atomic mass is 10.1. The van der Waals surface area contributed by atoms with Crippen LogP contribution in [-0.2, 0) is 10.0 Å². The minimum atomic E-state index is -3.51. The van der Waals surface area contributed by atoms with Gasteiger partial charge in [0, 0.05) is 6.54 Å². The third-order valence-electron chi connectivity index (χ3n) is 2.76. The third-order valence-corrected chi connectivity index (χ3v) is 4.35. The number of benzene rings is 1. The summed E-state index contributed by atoms with van der Waals surface area (Å²) in [5.41, 5.74) is 7.49. The van der Waals surface area contributed by atoms with Gasteiger partial charge in [-0.05, 0) is 37.5 Å². The molecule has 1 aromatic carbocycles. The topological polar surface area (TPSA) is 81.4 Å². The first-order valence-electron chi connectivity index (χ1n) is 5.78. The molecule has 0 fully saturated rings. The third kappa shape index (κ3) is 2.76. The van der Waals surface area contributed by atoms with Crippen molar-refractivity contribution >= 4 is 15.7 Å². The molecule has 1 aromatic rings. The maximum absolute atomic E-state index is 12.1. The SMILES string of the molecule is CCCNS(=O)(=O)c1cc(C)c(OC)c(N)c1C. The van der Waals surface area contributed by atoms with Crippen molar-refractivity contribution < 1.29 is 13.2 Å². The highest BCUT2D eigenvalue weighted by molar-refractivity contribution is 7.89. The fraction of sp³-hybridized carbons (Fsp3) is 0.500. The second-order valence-corrected chi connectivity index (χ2v) is 5.90. The normalized spacial score (nSPS) is 11.6. The summed E-state index contributed by atoms with van der Waals surface area (Å²) in [7, 11) is -1.99. The number of ether oxygens (including phenoxy) is 1. The van der Waals surface area contributed by atoms with Crippen molar-refractivity contribution in [2.75, 3.05) is 19.4 Å². The van der Waals surface area contributed by atoms with Crippen LogP contribution in [0.2, 0.25) is 0 Å². The van der Waals surface area contributed by atoms with E-state index in [1.807, 2.05) is 6.92 Å². The lowest BCUT2D eigenvalue weighted by molar-refractivity contribution is 0.413. The number of hydrogen-bond acceptors (Lipinski definition) is 4. The molecule has 0 heterocycles. The molecule has 0 unspecified atom stereocenters. The van der Waals surface area contributed by atoms with E-state index >= 15 is 0 Å². The highest BCUT2D eigenvalue weighted by atomic mass is 32.2. The number of hydrogen-bond donors (Lipinski definition) is 2. The Bertz CT molecular complexity index is 539. The van der Waals surface area contributed by atoms with Crippen molar-refractivity contribution in [3.05, 3.63) is 17.2 Å². The van der Waals surface area contributed by atoms with Gasteiger partial charge >= 0.3 is 0 Å². The number of nitrogens with one attached hydrogen (secondary N) is 1. The van der Waals surface area contributed by atoms with Crippen molar-refractivity contribution in [2.24, 2.45) is 0 Å². The van der Waals surface area contributed by atoms with Crippen LogP contribution in [0, 0.1) is 13.8 Å². The molecule has 0 saturated heterocycles. The van der Waals surface area contributed by atoms with Gasteiger partial charge in [0.2, 0.25) is 10.0 Å². The van der Waals surface area contributed by atoms with E-state index in [-0.39, 0.29) is 4.90 Å². The summed E-state index contributed by atoms with van der Waals surface area (Å²) < 4.78 is 31.9. The van der Waals surface area contributed by atoms with Gasteiger partial charge in [-0.2, -0.15) is 0 Å². The van der Waals surface area contributed by atoms with Crippen LogP contribution in [0.1, 0.15) is 24.5 Å². The second kappa shape index (κ2) is 5.58. The minimum Gasteiger partial charge on any atom is -0.494 e. The van der Waals surface area contributed by atoms with E-state index in [4.69, 9.17) is 10.5 Å². The quantitative estimate of drug-likeness (QED) is 0.797. The lowest BCUT2D eigenvalue weighted by Gasteiger charge is -2.15. The van der Waals surface area contributed by atoms with Crippen molar-refractivity contribution in [2.45, 2.75) is 32.1 Å². The molecule has 5 nitrogen and oxygen atoms in total. The van der Waals surface area contributed by atoms with Gasteiger partial charge in [0.25, 0.3) is 0 Å². The van der Waals surface area contributed by atoms with Gasteiger partial charge in [-0.1, -0.05) is 6.92 Å². The number of methoxy groups -OCH3 is 1. The first-order chi connectivity index (χ1) is 8.35. The molecule has 102 valence electrons. The molecule has 0 bridgehead atoms. The smallest absolute Gasteiger partial charge is 0.240 e. The molecule has 6 heteroatoms. The van der Waals surface area contributed by atoms with Crippen molar-refractivity contribution in [1.82, 2.24) is 4.72 Å². The summed E-state index contributed by atoms with van der Waals surface area (Å²) in [6, 6.07) is 1.59. The lowest BCUT2D eigenvalue weighted by Crippen LogP contribution is -2.25. The van der Waals surface area contributed by atoms with Crippen molar-refractivity contribution in [1.29, 1.82) is 0 Å². The highest BCUT2D eigenvalue weighted by Gasteiger charge is 2.21. The fourth-order valence-electron chi connectivity index (χ4n) is 1.75. The molecule has 0 spiro atoms. The summed E-state index contributed by atoms with van der Waals surface area (Å²) in [5, 5.41) is 0. The number of nitrogen functional groups attached to an aromatic ring is 1. The van der Waals surface area contributed by atoms with Crippen molar-refractivity contribution in [3.63, 3.8) is 0 Å². The zero-order valence-corrected chi connectivity index (χ0v) is 12.0. The highest BCUT2D eigenvalue weighted by Crippen LogP contribution is 2.33. The number of rotatable bonds is 5. The Morgan fingerprint density at radius 3 is 2.50 bits per heavy atom. The van der Waals surface area contributed by atoms with E-state index in [1.54, 1.807) is 19.9 Å². The predicted octanol–water partition coefficient (Wildman–Crippen LogP) is 1.58. The van der Waals surface area contributed by atoms with Crippen LogP contribution in [0.15, 0.2) is 11.0 Å². The Labute approximate surface area is 108 Å². The molecule has 3 N–H and O–H groups in total. The monoisotopic (exact) mass is 272 g/mol. The summed E-state index contributed by atoms with van der Waals surface area (Å²) >= 11 is 0. The Balaban J connectivity index is 3.35. The molecule has 0 aliphatic rings. The standard InChI is InChI=1S/C12H20N2O3S/c1-5-6-14-18(15,16)10-7-8(2)12(17-4)11(13)9(10)3/h7,14H,5-6,13H2,1-4H3. The first kappa shape index (κ1) is 14.8. The summed E-state index contributed by atoms with van der Waals surface area (Å²) in [5.74, 6) is 0.530. The summed E-state index contributed by atoms with van der Waals surface area (Å²) in [6.45, 7) is 5.76. The van der Waals surface area contributed by atoms with Crippen LogP contribution < -0.4 is 15.2 Å². The van der Waals surface area contributed by atoms with Gasteiger partial charge in [-0.15, -0.1) is 0 Å². The average molecular weight is 272 g/mol. The fourth-order valence-corrected chi connectivity index (χ4v) is 3.22. The summed E-state index contributed by atoms with van der Waals surface area (Å²) in [6.07, 6.45) is 0.739. The van der Waals surface area contributed by atoms with Crippen LogP contribution in [0.4, 0.5) is 5.69 Å². The zero-order chi connectivity index (χ0) is 13.9. The maximum atomic E-state index is 12.1. The van der Waals surface area contributed by atoms with Gasteiger partial charge < -0.3 is 10.5 Å².